The minimum Gasteiger partial charge on any atom is -0.342 e. The Balaban J connectivity index is 1.78. The number of aromatic amines is 1. The molecule has 3 heterocycles. The molecule has 6 nitrogen and oxygen atoms in total. The average Bonchev–Trinajstić information content (AvgIpc) is 3.23. The molecule has 10 heteroatoms. The molecular weight excluding hydrogens is 371 g/mol. The number of fused-ring (bicyclic) bond motifs is 1. The van der Waals surface area contributed by atoms with Gasteiger partial charge in [-0.1, -0.05) is 11.6 Å². The summed E-state index contributed by atoms with van der Waals surface area (Å²) in [4.78, 5) is 21.4. The van der Waals surface area contributed by atoms with Crippen molar-refractivity contribution in [3.8, 4) is 5.69 Å². The Morgan fingerprint density at radius 3 is 2.58 bits per heavy atom. The predicted molar refractivity (Wildman–Crippen MR) is 90.9 cm³/mol. The van der Waals surface area contributed by atoms with Gasteiger partial charge in [-0.25, -0.2) is 4.68 Å². The van der Waals surface area contributed by atoms with E-state index in [2.05, 4.69) is 15.1 Å². The third-order valence-electron chi connectivity index (χ3n) is 4.30. The Morgan fingerprint density at radius 1 is 1.19 bits per heavy atom. The van der Waals surface area contributed by atoms with Gasteiger partial charge in [0.25, 0.3) is 5.56 Å². The van der Waals surface area contributed by atoms with Gasteiger partial charge in [0.05, 0.1) is 16.3 Å². The molecule has 1 aliphatic rings. The van der Waals surface area contributed by atoms with Gasteiger partial charge in [0.1, 0.15) is 5.39 Å². The molecule has 0 atom stereocenters. The van der Waals surface area contributed by atoms with E-state index in [0.717, 1.165) is 38.1 Å². The van der Waals surface area contributed by atoms with Crippen LogP contribution in [0.5, 0.6) is 0 Å². The normalized spacial score (nSPS) is 15.2. The molecule has 1 aliphatic heterocycles. The van der Waals surface area contributed by atoms with Gasteiger partial charge in [0.2, 0.25) is 5.95 Å². The summed E-state index contributed by atoms with van der Waals surface area (Å²) in [6.07, 6.45) is -1.03. The standard InChI is InChI=1S/C16H13ClF3N5O/c17-11-7-9(16(18,19)20)3-4-12(11)25-8-10-13(23-25)21-15(22-14(10)26)24-5-1-2-6-24/h3-4,7-8H,1-2,5-6H2,(H,21,22,23,26). The van der Waals surface area contributed by atoms with E-state index in [9.17, 15) is 18.0 Å². The number of anilines is 1. The summed E-state index contributed by atoms with van der Waals surface area (Å²) in [5, 5.41) is 4.34. The number of nitrogens with zero attached hydrogens (tertiary/aromatic N) is 4. The number of H-pyrrole nitrogens is 1. The summed E-state index contributed by atoms with van der Waals surface area (Å²) >= 11 is 6.00. The molecule has 26 heavy (non-hydrogen) atoms. The van der Waals surface area contributed by atoms with Crippen LogP contribution in [0.4, 0.5) is 19.1 Å². The lowest BCUT2D eigenvalue weighted by Gasteiger charge is -2.14. The van der Waals surface area contributed by atoms with Crippen molar-refractivity contribution in [2.45, 2.75) is 19.0 Å². The van der Waals surface area contributed by atoms with Crippen LogP contribution in [0.3, 0.4) is 0 Å². The first-order valence-corrected chi connectivity index (χ1v) is 8.32. The molecule has 1 N–H and O–H groups in total. The molecule has 0 radical (unpaired) electrons. The summed E-state index contributed by atoms with van der Waals surface area (Å²) < 4.78 is 39.6. The molecule has 4 rings (SSSR count). The SMILES string of the molecule is O=c1[nH]c(N2CCCC2)nc2nn(-c3ccc(C(F)(F)F)cc3Cl)cc12. The van der Waals surface area contributed by atoms with Crippen LogP contribution in [0.25, 0.3) is 16.7 Å². The summed E-state index contributed by atoms with van der Waals surface area (Å²) in [6, 6.07) is 2.96. The van der Waals surface area contributed by atoms with Crippen molar-refractivity contribution >= 4 is 28.6 Å². The highest BCUT2D eigenvalue weighted by Crippen LogP contribution is 2.33. The van der Waals surface area contributed by atoms with Gasteiger partial charge in [-0.05, 0) is 31.0 Å². The van der Waals surface area contributed by atoms with Crippen LogP contribution in [0.2, 0.25) is 5.02 Å². The van der Waals surface area contributed by atoms with Crippen LogP contribution in [-0.4, -0.2) is 32.8 Å². The van der Waals surface area contributed by atoms with Gasteiger partial charge in [0.15, 0.2) is 5.65 Å². The molecule has 0 aliphatic carbocycles. The van der Waals surface area contributed by atoms with Gasteiger partial charge < -0.3 is 4.90 Å². The Morgan fingerprint density at radius 2 is 1.92 bits per heavy atom. The number of nitrogens with one attached hydrogen (secondary N) is 1. The molecule has 0 bridgehead atoms. The zero-order valence-electron chi connectivity index (χ0n) is 13.3. The summed E-state index contributed by atoms with van der Waals surface area (Å²) in [6.45, 7) is 1.61. The quantitative estimate of drug-likeness (QED) is 0.736. The number of hydrogen-bond acceptors (Lipinski definition) is 4. The van der Waals surface area contributed by atoms with Gasteiger partial charge in [0, 0.05) is 19.3 Å². The first-order valence-electron chi connectivity index (χ1n) is 7.95. The zero-order chi connectivity index (χ0) is 18.5. The number of benzene rings is 1. The molecule has 0 spiro atoms. The molecule has 0 amide bonds. The van der Waals surface area contributed by atoms with Gasteiger partial charge in [-0.3, -0.25) is 9.78 Å². The molecule has 136 valence electrons. The van der Waals surface area contributed by atoms with E-state index in [4.69, 9.17) is 11.6 Å². The Labute approximate surface area is 150 Å². The highest BCUT2D eigenvalue weighted by atomic mass is 35.5. The predicted octanol–water partition coefficient (Wildman–Crippen LogP) is 3.38. The molecule has 0 saturated carbocycles. The van der Waals surface area contributed by atoms with Gasteiger partial charge in [-0.2, -0.15) is 18.2 Å². The smallest absolute Gasteiger partial charge is 0.342 e. The van der Waals surface area contributed by atoms with Gasteiger partial charge in [-0.15, -0.1) is 5.10 Å². The molecule has 1 aromatic carbocycles. The molecule has 1 fully saturated rings. The maximum atomic E-state index is 12.8. The van der Waals surface area contributed by atoms with Crippen molar-refractivity contribution in [1.82, 2.24) is 19.7 Å². The summed E-state index contributed by atoms with van der Waals surface area (Å²) in [5.74, 6) is 0.448. The Hall–Kier alpha value is -2.55. The second-order valence-corrected chi connectivity index (χ2v) is 6.47. The topological polar surface area (TPSA) is 66.8 Å². The van der Waals surface area contributed by atoms with Gasteiger partial charge >= 0.3 is 6.18 Å². The van der Waals surface area contributed by atoms with Crippen molar-refractivity contribution < 1.29 is 13.2 Å². The molecule has 3 aromatic rings. The number of alkyl halides is 3. The number of aromatic nitrogens is 4. The van der Waals surface area contributed by atoms with E-state index < -0.39 is 11.7 Å². The van der Waals surface area contributed by atoms with Crippen molar-refractivity contribution in [3.63, 3.8) is 0 Å². The Bertz CT molecular complexity index is 1040. The highest BCUT2D eigenvalue weighted by molar-refractivity contribution is 6.32. The van der Waals surface area contributed by atoms with E-state index in [-0.39, 0.29) is 27.3 Å². The monoisotopic (exact) mass is 383 g/mol. The molecule has 0 unspecified atom stereocenters. The fourth-order valence-corrected chi connectivity index (χ4v) is 3.24. The maximum Gasteiger partial charge on any atom is 0.416 e. The fraction of sp³-hybridized carbons (Fsp3) is 0.312. The number of hydrogen-bond donors (Lipinski definition) is 1. The second kappa shape index (κ2) is 6.01. The lowest BCUT2D eigenvalue weighted by atomic mass is 10.2. The highest BCUT2D eigenvalue weighted by Gasteiger charge is 2.31. The van der Waals surface area contributed by atoms with Crippen LogP contribution < -0.4 is 10.5 Å². The molecular formula is C16H13ClF3N5O. The van der Waals surface area contributed by atoms with Crippen molar-refractivity contribution in [3.05, 3.63) is 45.3 Å². The Kier molecular flexibility index (Phi) is 3.91. The largest absolute Gasteiger partial charge is 0.416 e. The van der Waals surface area contributed by atoms with E-state index in [1.807, 2.05) is 4.90 Å². The lowest BCUT2D eigenvalue weighted by Crippen LogP contribution is -2.23. The van der Waals surface area contributed by atoms with E-state index in [1.165, 1.54) is 16.9 Å². The fourth-order valence-electron chi connectivity index (χ4n) is 2.98. The maximum absolute atomic E-state index is 12.8. The second-order valence-electron chi connectivity index (χ2n) is 6.06. The van der Waals surface area contributed by atoms with E-state index >= 15 is 0 Å². The first-order chi connectivity index (χ1) is 12.3. The third-order valence-corrected chi connectivity index (χ3v) is 4.61. The van der Waals surface area contributed by atoms with E-state index in [1.54, 1.807) is 0 Å². The van der Waals surface area contributed by atoms with Crippen LogP contribution in [0, 0.1) is 0 Å². The van der Waals surface area contributed by atoms with Crippen LogP contribution in [0.1, 0.15) is 18.4 Å². The van der Waals surface area contributed by atoms with Crippen molar-refractivity contribution in [1.29, 1.82) is 0 Å². The van der Waals surface area contributed by atoms with Crippen molar-refractivity contribution in [2.24, 2.45) is 0 Å². The number of halogens is 4. The first kappa shape index (κ1) is 16.9. The third kappa shape index (κ3) is 2.92. The van der Waals surface area contributed by atoms with Crippen molar-refractivity contribution in [2.75, 3.05) is 18.0 Å². The summed E-state index contributed by atoms with van der Waals surface area (Å²) in [5.41, 5.74) is -0.757. The average molecular weight is 384 g/mol. The zero-order valence-corrected chi connectivity index (χ0v) is 14.1. The minimum atomic E-state index is -4.49. The molecule has 1 saturated heterocycles. The molecule has 2 aromatic heterocycles. The minimum absolute atomic E-state index is 0.121. The van der Waals surface area contributed by atoms with Crippen LogP contribution >= 0.6 is 11.6 Å². The van der Waals surface area contributed by atoms with E-state index in [0.29, 0.717) is 5.95 Å². The number of rotatable bonds is 2. The lowest BCUT2D eigenvalue weighted by molar-refractivity contribution is -0.137. The van der Waals surface area contributed by atoms with Crippen LogP contribution in [0.15, 0.2) is 29.2 Å². The van der Waals surface area contributed by atoms with Crippen LogP contribution in [-0.2, 0) is 6.18 Å². The summed E-state index contributed by atoms with van der Waals surface area (Å²) in [7, 11) is 0.